The standard InChI is InChI=1S/C26H26F6N6O.ClH/c27-25(28,29)16-5-7-17(8-6-16)34-22-19-9-13-37(23-20(26(30,31)32)4-1-11-33-23)14-10-21(19)35-24(36-22)38-12-2-3-18(38)15-39;/h1,4-8,11,18,39H,2-3,9-10,12-15H2,(H,34,35,36);1H/t18-;/m0./s1. The number of hydrogen-bond donors (Lipinski definition) is 2. The number of hydrogen-bond acceptors (Lipinski definition) is 7. The molecular weight excluding hydrogens is 562 g/mol. The highest BCUT2D eigenvalue weighted by atomic mass is 35.5. The van der Waals surface area contributed by atoms with E-state index in [0.717, 1.165) is 31.0 Å². The second-order valence-electron chi connectivity index (χ2n) is 9.53. The van der Waals surface area contributed by atoms with Crippen molar-refractivity contribution in [2.45, 2.75) is 44.1 Å². The van der Waals surface area contributed by atoms with E-state index in [-0.39, 0.29) is 50.4 Å². The van der Waals surface area contributed by atoms with Crippen molar-refractivity contribution in [2.75, 3.05) is 41.4 Å². The molecule has 2 aliphatic heterocycles. The smallest absolute Gasteiger partial charge is 0.394 e. The topological polar surface area (TPSA) is 77.4 Å². The van der Waals surface area contributed by atoms with E-state index in [1.807, 2.05) is 4.90 Å². The Labute approximate surface area is 232 Å². The molecule has 40 heavy (non-hydrogen) atoms. The average molecular weight is 589 g/mol. The zero-order valence-electron chi connectivity index (χ0n) is 21.1. The van der Waals surface area contributed by atoms with Gasteiger partial charge in [0.25, 0.3) is 0 Å². The van der Waals surface area contributed by atoms with Crippen LogP contribution in [0.15, 0.2) is 42.6 Å². The molecule has 0 saturated carbocycles. The third kappa shape index (κ3) is 6.20. The summed E-state index contributed by atoms with van der Waals surface area (Å²) in [6.45, 7) is 0.974. The molecule has 14 heteroatoms. The molecule has 4 heterocycles. The number of nitrogens with one attached hydrogen (secondary N) is 1. The van der Waals surface area contributed by atoms with E-state index in [1.54, 1.807) is 4.90 Å². The van der Waals surface area contributed by atoms with Gasteiger partial charge in [-0.15, -0.1) is 12.4 Å². The van der Waals surface area contributed by atoms with Gasteiger partial charge < -0.3 is 20.2 Å². The minimum Gasteiger partial charge on any atom is -0.394 e. The second kappa shape index (κ2) is 11.7. The molecule has 1 aromatic carbocycles. The number of rotatable bonds is 5. The Bertz CT molecular complexity index is 1320. The monoisotopic (exact) mass is 588 g/mol. The van der Waals surface area contributed by atoms with Crippen LogP contribution in [0.5, 0.6) is 0 Å². The van der Waals surface area contributed by atoms with Crippen LogP contribution in [-0.2, 0) is 25.2 Å². The van der Waals surface area contributed by atoms with Crippen molar-refractivity contribution in [2.24, 2.45) is 0 Å². The van der Waals surface area contributed by atoms with E-state index in [2.05, 4.69) is 15.3 Å². The minimum absolute atomic E-state index is 0. The van der Waals surface area contributed by atoms with Gasteiger partial charge in [0, 0.05) is 43.5 Å². The van der Waals surface area contributed by atoms with Gasteiger partial charge in [0.05, 0.1) is 29.5 Å². The molecule has 5 rings (SSSR count). The highest BCUT2D eigenvalue weighted by Gasteiger charge is 2.36. The van der Waals surface area contributed by atoms with Crippen molar-refractivity contribution in [3.8, 4) is 0 Å². The molecule has 0 bridgehead atoms. The van der Waals surface area contributed by atoms with Crippen molar-refractivity contribution in [1.29, 1.82) is 0 Å². The van der Waals surface area contributed by atoms with Crippen LogP contribution in [0, 0.1) is 0 Å². The number of pyridine rings is 1. The number of nitrogens with zero attached hydrogens (tertiary/aromatic N) is 5. The van der Waals surface area contributed by atoms with Crippen molar-refractivity contribution < 1.29 is 31.4 Å². The van der Waals surface area contributed by atoms with Crippen LogP contribution < -0.4 is 15.1 Å². The summed E-state index contributed by atoms with van der Waals surface area (Å²) in [4.78, 5) is 16.9. The average Bonchev–Trinajstić information content (AvgIpc) is 3.27. The molecular formula is C26H27ClF6N6O. The zero-order chi connectivity index (χ0) is 27.8. The molecule has 3 aromatic rings. The SMILES string of the molecule is Cl.OC[C@@H]1CCCN1c1nc2c(c(Nc3ccc(C(F)(F)F)cc3)n1)CCN(c1ncccc1C(F)(F)F)CC2. The minimum atomic E-state index is -4.57. The summed E-state index contributed by atoms with van der Waals surface area (Å²) < 4.78 is 80.2. The molecule has 0 radical (unpaired) electrons. The van der Waals surface area contributed by atoms with Gasteiger partial charge >= 0.3 is 12.4 Å². The first-order chi connectivity index (χ1) is 18.5. The van der Waals surface area contributed by atoms with Gasteiger partial charge in [0.1, 0.15) is 11.6 Å². The second-order valence-corrected chi connectivity index (χ2v) is 9.53. The largest absolute Gasteiger partial charge is 0.419 e. The molecule has 216 valence electrons. The summed E-state index contributed by atoms with van der Waals surface area (Å²) in [6.07, 6.45) is -5.54. The Morgan fingerprint density at radius 2 is 1.65 bits per heavy atom. The van der Waals surface area contributed by atoms with E-state index in [1.165, 1.54) is 24.4 Å². The Balaban J connectivity index is 0.00000370. The molecule has 1 saturated heterocycles. The van der Waals surface area contributed by atoms with Crippen LogP contribution in [0.25, 0.3) is 0 Å². The van der Waals surface area contributed by atoms with Crippen LogP contribution in [0.1, 0.15) is 35.2 Å². The molecule has 2 aliphatic rings. The number of halogens is 7. The third-order valence-electron chi connectivity index (χ3n) is 7.04. The van der Waals surface area contributed by atoms with Crippen LogP contribution in [-0.4, -0.2) is 52.3 Å². The first kappa shape index (κ1) is 29.7. The van der Waals surface area contributed by atoms with Gasteiger partial charge in [-0.2, -0.15) is 31.3 Å². The summed E-state index contributed by atoms with van der Waals surface area (Å²) in [5.74, 6) is 0.572. The van der Waals surface area contributed by atoms with E-state index in [9.17, 15) is 31.4 Å². The summed E-state index contributed by atoms with van der Waals surface area (Å²) in [7, 11) is 0. The predicted molar refractivity (Wildman–Crippen MR) is 140 cm³/mol. The normalized spacial score (nSPS) is 17.7. The highest BCUT2D eigenvalue weighted by molar-refractivity contribution is 5.85. The van der Waals surface area contributed by atoms with Crippen molar-refractivity contribution in [3.05, 3.63) is 65.0 Å². The van der Waals surface area contributed by atoms with Crippen molar-refractivity contribution in [1.82, 2.24) is 15.0 Å². The van der Waals surface area contributed by atoms with Crippen molar-refractivity contribution in [3.63, 3.8) is 0 Å². The third-order valence-corrected chi connectivity index (χ3v) is 7.04. The first-order valence-corrected chi connectivity index (χ1v) is 12.5. The number of anilines is 4. The number of fused-ring (bicyclic) bond motifs is 1. The van der Waals surface area contributed by atoms with E-state index >= 15 is 0 Å². The number of aliphatic hydroxyl groups is 1. The highest BCUT2D eigenvalue weighted by Crippen LogP contribution is 2.37. The molecule has 1 atom stereocenters. The summed E-state index contributed by atoms with van der Waals surface area (Å²) in [5, 5.41) is 12.9. The quantitative estimate of drug-likeness (QED) is 0.374. The lowest BCUT2D eigenvalue weighted by Crippen LogP contribution is -2.34. The summed E-state index contributed by atoms with van der Waals surface area (Å²) >= 11 is 0. The van der Waals surface area contributed by atoms with Gasteiger partial charge in [-0.25, -0.2) is 9.97 Å². The summed E-state index contributed by atoms with van der Waals surface area (Å²) in [6, 6.07) is 6.60. The number of aromatic nitrogens is 3. The molecule has 0 unspecified atom stereocenters. The van der Waals surface area contributed by atoms with Crippen LogP contribution in [0.3, 0.4) is 0 Å². The molecule has 0 spiro atoms. The van der Waals surface area contributed by atoms with Gasteiger partial charge in [0.15, 0.2) is 0 Å². The van der Waals surface area contributed by atoms with Crippen molar-refractivity contribution >= 4 is 35.7 Å². The maximum absolute atomic E-state index is 13.7. The first-order valence-electron chi connectivity index (χ1n) is 12.5. The van der Waals surface area contributed by atoms with Gasteiger partial charge in [0.2, 0.25) is 5.95 Å². The van der Waals surface area contributed by atoms with Crippen LogP contribution >= 0.6 is 12.4 Å². The molecule has 2 N–H and O–H groups in total. The molecule has 0 amide bonds. The molecule has 0 aliphatic carbocycles. The lowest BCUT2D eigenvalue weighted by Gasteiger charge is -2.25. The summed E-state index contributed by atoms with van der Waals surface area (Å²) in [5.41, 5.74) is 0.0637. The number of aliphatic hydroxyl groups excluding tert-OH is 1. The van der Waals surface area contributed by atoms with E-state index < -0.39 is 23.5 Å². The lowest BCUT2D eigenvalue weighted by atomic mass is 10.1. The fourth-order valence-electron chi connectivity index (χ4n) is 5.07. The number of alkyl halides is 6. The fourth-order valence-corrected chi connectivity index (χ4v) is 5.07. The van der Waals surface area contributed by atoms with E-state index in [4.69, 9.17) is 4.98 Å². The maximum Gasteiger partial charge on any atom is 0.419 e. The lowest BCUT2D eigenvalue weighted by molar-refractivity contribution is -0.138. The maximum atomic E-state index is 13.7. The van der Waals surface area contributed by atoms with Crippen LogP contribution in [0.4, 0.5) is 49.6 Å². The van der Waals surface area contributed by atoms with Crippen LogP contribution in [0.2, 0.25) is 0 Å². The molecule has 2 aromatic heterocycles. The van der Waals surface area contributed by atoms with E-state index in [0.29, 0.717) is 41.7 Å². The Kier molecular flexibility index (Phi) is 8.64. The molecule has 1 fully saturated rings. The Hall–Kier alpha value is -3.32. The Morgan fingerprint density at radius 3 is 2.33 bits per heavy atom. The zero-order valence-corrected chi connectivity index (χ0v) is 22.0. The molecule has 7 nitrogen and oxygen atoms in total. The Morgan fingerprint density at radius 1 is 0.925 bits per heavy atom. The predicted octanol–water partition coefficient (Wildman–Crippen LogP) is 5.64. The fraction of sp³-hybridized carbons (Fsp3) is 0.423. The van der Waals surface area contributed by atoms with Gasteiger partial charge in [-0.05, 0) is 55.7 Å². The van der Waals surface area contributed by atoms with Gasteiger partial charge in [-0.1, -0.05) is 0 Å². The number of benzene rings is 1. The van der Waals surface area contributed by atoms with Gasteiger partial charge in [-0.3, -0.25) is 0 Å².